The Balaban J connectivity index is 1.49. The van der Waals surface area contributed by atoms with E-state index < -0.39 is 11.7 Å². The summed E-state index contributed by atoms with van der Waals surface area (Å²) in [7, 11) is 0. The number of rotatable bonds is 6. The summed E-state index contributed by atoms with van der Waals surface area (Å²) in [4.78, 5) is 34.2. The highest BCUT2D eigenvalue weighted by atomic mass is 19.1. The van der Waals surface area contributed by atoms with E-state index in [0.717, 1.165) is 25.9 Å². The molecule has 0 saturated carbocycles. The number of ether oxygens (including phenoxy) is 2. The van der Waals surface area contributed by atoms with Gasteiger partial charge in [0.1, 0.15) is 12.2 Å². The molecule has 1 spiro atoms. The van der Waals surface area contributed by atoms with Crippen molar-refractivity contribution in [1.82, 2.24) is 20.6 Å². The molecule has 2 aliphatic rings. The van der Waals surface area contributed by atoms with E-state index in [4.69, 9.17) is 9.47 Å². The molecule has 31 heavy (non-hydrogen) atoms. The molecule has 10 heteroatoms. The van der Waals surface area contributed by atoms with E-state index in [1.165, 1.54) is 0 Å². The van der Waals surface area contributed by atoms with Gasteiger partial charge in [-0.05, 0) is 33.6 Å². The lowest BCUT2D eigenvalue weighted by Gasteiger charge is -2.39. The lowest BCUT2D eigenvalue weighted by atomic mass is 9.79. The second-order valence-electron chi connectivity index (χ2n) is 9.11. The topological polar surface area (TPSA) is 106 Å². The lowest BCUT2D eigenvalue weighted by molar-refractivity contribution is -0.119. The van der Waals surface area contributed by atoms with Gasteiger partial charge < -0.3 is 25.0 Å². The molecule has 1 atom stereocenters. The predicted octanol–water partition coefficient (Wildman–Crippen LogP) is 2.34. The number of anilines is 1. The highest BCUT2D eigenvalue weighted by Gasteiger charge is 2.42. The third-order valence-electron chi connectivity index (χ3n) is 5.19. The Morgan fingerprint density at radius 3 is 2.74 bits per heavy atom. The first-order valence-electron chi connectivity index (χ1n) is 10.4. The van der Waals surface area contributed by atoms with Crippen LogP contribution in [0.25, 0.3) is 0 Å². The highest BCUT2D eigenvalue weighted by Crippen LogP contribution is 2.37. The number of amides is 2. The van der Waals surface area contributed by atoms with Gasteiger partial charge in [-0.15, -0.1) is 0 Å². The minimum atomic E-state index is -0.628. The summed E-state index contributed by atoms with van der Waals surface area (Å²) in [5, 5.41) is 5.41. The van der Waals surface area contributed by atoms with E-state index >= 15 is 0 Å². The van der Waals surface area contributed by atoms with Gasteiger partial charge in [-0.2, -0.15) is 0 Å². The van der Waals surface area contributed by atoms with Crippen LogP contribution in [-0.4, -0.2) is 60.4 Å². The summed E-state index contributed by atoms with van der Waals surface area (Å²) in [6.07, 6.45) is 5.39. The molecule has 1 unspecified atom stereocenters. The van der Waals surface area contributed by atoms with Crippen molar-refractivity contribution in [2.75, 3.05) is 37.7 Å². The summed E-state index contributed by atoms with van der Waals surface area (Å²) in [5.41, 5.74) is -0.432. The largest absolute Gasteiger partial charge is 0.486 e. The van der Waals surface area contributed by atoms with Gasteiger partial charge in [-0.3, -0.25) is 4.79 Å². The fraction of sp³-hybridized carbons (Fsp3) is 0.619. The average Bonchev–Trinajstić information content (AvgIpc) is 3.06. The molecule has 1 aromatic heterocycles. The van der Waals surface area contributed by atoms with Gasteiger partial charge in [0.2, 0.25) is 11.9 Å². The summed E-state index contributed by atoms with van der Waals surface area (Å²) in [5.74, 6) is 1.08. The van der Waals surface area contributed by atoms with Gasteiger partial charge in [-0.1, -0.05) is 0 Å². The Hall–Kier alpha value is -2.91. The van der Waals surface area contributed by atoms with E-state index in [9.17, 15) is 14.0 Å². The van der Waals surface area contributed by atoms with Crippen LogP contribution < -0.4 is 20.3 Å². The molecule has 0 radical (unpaired) electrons. The molecule has 3 heterocycles. The quantitative estimate of drug-likeness (QED) is 0.706. The molecule has 2 amide bonds. The van der Waals surface area contributed by atoms with Gasteiger partial charge in [0.15, 0.2) is 5.75 Å². The first kappa shape index (κ1) is 22.8. The summed E-state index contributed by atoms with van der Waals surface area (Å²) in [6, 6.07) is 0. The molecule has 0 aliphatic carbocycles. The molecule has 0 bridgehead atoms. The number of nitrogens with one attached hydrogen (secondary N) is 2. The number of alkyl carbamates (subject to hydrolysis) is 1. The number of carbonyl (C=O) groups excluding carboxylic acids is 2. The SMILES string of the molecule is CC(C)(C)OC(=O)NC/C(=C\F)COc1cnc(N2CCCC3(CNC(=O)C3)C2)nc1. The van der Waals surface area contributed by atoms with Crippen LogP contribution in [0, 0.1) is 5.41 Å². The fourth-order valence-corrected chi connectivity index (χ4v) is 3.76. The molecule has 9 nitrogen and oxygen atoms in total. The van der Waals surface area contributed by atoms with Crippen LogP contribution in [0.1, 0.15) is 40.0 Å². The van der Waals surface area contributed by atoms with Crippen molar-refractivity contribution in [3.05, 3.63) is 24.3 Å². The van der Waals surface area contributed by atoms with Gasteiger partial charge in [0.05, 0.1) is 18.7 Å². The van der Waals surface area contributed by atoms with Crippen LogP contribution in [0.5, 0.6) is 5.75 Å². The highest BCUT2D eigenvalue weighted by molar-refractivity contribution is 5.79. The molecular weight excluding hydrogens is 405 g/mol. The van der Waals surface area contributed by atoms with Gasteiger partial charge in [-0.25, -0.2) is 19.2 Å². The van der Waals surface area contributed by atoms with Gasteiger partial charge >= 0.3 is 6.09 Å². The maximum atomic E-state index is 13.1. The van der Waals surface area contributed by atoms with Crippen LogP contribution in [0.4, 0.5) is 15.1 Å². The van der Waals surface area contributed by atoms with Crippen molar-refractivity contribution in [1.29, 1.82) is 0 Å². The number of carbonyl (C=O) groups is 2. The van der Waals surface area contributed by atoms with Crippen LogP contribution in [0.2, 0.25) is 0 Å². The molecule has 2 fully saturated rings. The Kier molecular flexibility index (Phi) is 6.97. The van der Waals surface area contributed by atoms with Crippen molar-refractivity contribution < 1.29 is 23.5 Å². The number of hydrogen-bond donors (Lipinski definition) is 2. The van der Waals surface area contributed by atoms with Crippen LogP contribution in [0.15, 0.2) is 24.3 Å². The standard InChI is InChI=1S/C21H30FN5O4/c1-20(2,3)31-19(29)25-9-15(8-22)12-30-16-10-23-18(24-11-16)27-6-4-5-21(14-27)7-17(28)26-13-21/h8,10-11H,4-7,9,12-14H2,1-3H3,(H,25,29)(H,26,28)/b15-8+. The average molecular weight is 436 g/mol. The van der Waals surface area contributed by atoms with Crippen molar-refractivity contribution >= 4 is 17.9 Å². The van der Waals surface area contributed by atoms with E-state index in [0.29, 0.717) is 31.0 Å². The zero-order valence-corrected chi connectivity index (χ0v) is 18.2. The molecule has 0 aromatic carbocycles. The molecule has 170 valence electrons. The van der Waals surface area contributed by atoms with Gasteiger partial charge in [0, 0.05) is 43.6 Å². The third-order valence-corrected chi connectivity index (χ3v) is 5.19. The number of piperidine rings is 1. The van der Waals surface area contributed by atoms with Crippen molar-refractivity contribution in [3.8, 4) is 5.75 Å². The van der Waals surface area contributed by atoms with Crippen molar-refractivity contribution in [2.24, 2.45) is 5.41 Å². The van der Waals surface area contributed by atoms with Gasteiger partial charge in [0.25, 0.3) is 0 Å². The second-order valence-corrected chi connectivity index (χ2v) is 9.11. The first-order valence-corrected chi connectivity index (χ1v) is 10.4. The molecular formula is C21H30FN5O4. The predicted molar refractivity (Wildman–Crippen MR) is 112 cm³/mol. The number of nitrogens with zero attached hydrogens (tertiary/aromatic N) is 3. The maximum absolute atomic E-state index is 13.1. The number of halogens is 1. The molecule has 2 saturated heterocycles. The van der Waals surface area contributed by atoms with E-state index in [-0.39, 0.29) is 30.0 Å². The summed E-state index contributed by atoms with van der Waals surface area (Å²) >= 11 is 0. The monoisotopic (exact) mass is 435 g/mol. The smallest absolute Gasteiger partial charge is 0.407 e. The molecule has 3 rings (SSSR count). The van der Waals surface area contributed by atoms with E-state index in [2.05, 4.69) is 25.5 Å². The van der Waals surface area contributed by atoms with Crippen molar-refractivity contribution in [2.45, 2.75) is 45.6 Å². The number of aromatic nitrogens is 2. The summed E-state index contributed by atoms with van der Waals surface area (Å²) < 4.78 is 23.8. The Bertz CT molecular complexity index is 824. The zero-order valence-electron chi connectivity index (χ0n) is 18.2. The Morgan fingerprint density at radius 2 is 2.13 bits per heavy atom. The Labute approximate surface area is 181 Å². The molecule has 2 aliphatic heterocycles. The Morgan fingerprint density at radius 1 is 1.39 bits per heavy atom. The summed E-state index contributed by atoms with van der Waals surface area (Å²) in [6.45, 7) is 7.41. The fourth-order valence-electron chi connectivity index (χ4n) is 3.76. The minimum Gasteiger partial charge on any atom is -0.486 e. The first-order chi connectivity index (χ1) is 14.7. The van der Waals surface area contributed by atoms with E-state index in [1.807, 2.05) is 0 Å². The van der Waals surface area contributed by atoms with Crippen molar-refractivity contribution in [3.63, 3.8) is 0 Å². The molecule has 1 aromatic rings. The van der Waals surface area contributed by atoms with Crippen LogP contribution >= 0.6 is 0 Å². The van der Waals surface area contributed by atoms with Crippen LogP contribution in [-0.2, 0) is 9.53 Å². The molecule has 2 N–H and O–H groups in total. The maximum Gasteiger partial charge on any atom is 0.407 e. The normalized spacial score (nSPS) is 21.7. The second kappa shape index (κ2) is 9.49. The third kappa shape index (κ3) is 6.53. The minimum absolute atomic E-state index is 0.0348. The lowest BCUT2D eigenvalue weighted by Crippen LogP contribution is -2.45. The number of hydrogen-bond acceptors (Lipinski definition) is 7. The van der Waals surface area contributed by atoms with Crippen LogP contribution in [0.3, 0.4) is 0 Å². The van der Waals surface area contributed by atoms with E-state index in [1.54, 1.807) is 33.2 Å². The zero-order chi connectivity index (χ0) is 22.5.